The van der Waals surface area contributed by atoms with Crippen molar-refractivity contribution in [2.24, 2.45) is 29.4 Å². The van der Waals surface area contributed by atoms with E-state index in [9.17, 15) is 34.2 Å². The lowest BCUT2D eigenvalue weighted by molar-refractivity contribution is -0.175. The summed E-state index contributed by atoms with van der Waals surface area (Å²) in [6.45, 7) is 4.34. The lowest BCUT2D eigenvalue weighted by atomic mass is 9.53. The predicted octanol–water partition coefficient (Wildman–Crippen LogP) is 1.79. The molecule has 2 aromatic carbocycles. The monoisotopic (exact) mass is 562 g/mol. The minimum Gasteiger partial charge on any atom is -0.505 e. The number of hydrogen-bond donors (Lipinski definition) is 4. The van der Waals surface area contributed by atoms with Gasteiger partial charge in [-0.05, 0) is 59.6 Å². The number of ether oxygens (including phenoxy) is 2. The van der Waals surface area contributed by atoms with Crippen LogP contribution in [-0.4, -0.2) is 51.6 Å². The first kappa shape index (κ1) is 26.9. The fourth-order valence-electron chi connectivity index (χ4n) is 6.96. The molecular weight excluding hydrogens is 532 g/mol. The highest BCUT2D eigenvalue weighted by Crippen LogP contribution is 2.51. The number of carbonyl (C=O) groups is 5. The SMILES string of the molecule is CC(C)c1cc(NCc2ccc3c(c2)OCO3)c(O)c2c1C[C@H]1C[C@H]3CC(=O)C(C(N)=O)C(=O)[C@@]3(O)C(=O)C1C2=O. The van der Waals surface area contributed by atoms with E-state index in [1.807, 2.05) is 26.0 Å². The van der Waals surface area contributed by atoms with Gasteiger partial charge in [-0.3, -0.25) is 24.0 Å². The Kier molecular flexibility index (Phi) is 6.18. The molecule has 0 spiro atoms. The van der Waals surface area contributed by atoms with Crippen LogP contribution in [0.2, 0.25) is 0 Å². The molecule has 1 amide bonds. The Labute approximate surface area is 235 Å². The molecule has 0 bridgehead atoms. The van der Waals surface area contributed by atoms with E-state index < -0.39 is 58.3 Å². The molecule has 2 unspecified atom stereocenters. The van der Waals surface area contributed by atoms with Crippen molar-refractivity contribution in [2.75, 3.05) is 12.1 Å². The first-order valence-electron chi connectivity index (χ1n) is 13.6. The van der Waals surface area contributed by atoms with Crippen LogP contribution in [0, 0.1) is 23.7 Å². The molecule has 11 nitrogen and oxygen atoms in total. The van der Waals surface area contributed by atoms with Crippen molar-refractivity contribution in [1.82, 2.24) is 0 Å². The number of aliphatic hydroxyl groups is 1. The van der Waals surface area contributed by atoms with Crippen LogP contribution < -0.4 is 20.5 Å². The van der Waals surface area contributed by atoms with E-state index in [-0.39, 0.29) is 49.8 Å². The van der Waals surface area contributed by atoms with Crippen molar-refractivity contribution in [3.05, 3.63) is 46.5 Å². The van der Waals surface area contributed by atoms with Gasteiger partial charge in [-0.25, -0.2) is 0 Å². The number of phenolic OH excluding ortho intramolecular Hbond substituents is 1. The van der Waals surface area contributed by atoms with E-state index >= 15 is 0 Å². The molecule has 41 heavy (non-hydrogen) atoms. The highest BCUT2D eigenvalue weighted by molar-refractivity contribution is 6.31. The summed E-state index contributed by atoms with van der Waals surface area (Å²) < 4.78 is 10.8. The molecule has 2 aromatic rings. The lowest BCUT2D eigenvalue weighted by Crippen LogP contribution is -2.68. The summed E-state index contributed by atoms with van der Waals surface area (Å²) in [5.41, 5.74) is 5.12. The maximum absolute atomic E-state index is 14.0. The molecule has 0 saturated heterocycles. The van der Waals surface area contributed by atoms with Gasteiger partial charge in [-0.15, -0.1) is 0 Å². The van der Waals surface area contributed by atoms with Gasteiger partial charge >= 0.3 is 0 Å². The quantitative estimate of drug-likeness (QED) is 0.310. The predicted molar refractivity (Wildman–Crippen MR) is 142 cm³/mol. The van der Waals surface area contributed by atoms with E-state index in [1.165, 1.54) is 0 Å². The number of phenols is 1. The first-order chi connectivity index (χ1) is 19.4. The van der Waals surface area contributed by atoms with Gasteiger partial charge in [0.25, 0.3) is 0 Å². The molecule has 5 N–H and O–H groups in total. The van der Waals surface area contributed by atoms with E-state index in [2.05, 4.69) is 5.32 Å². The molecule has 1 heterocycles. The molecule has 0 aromatic heterocycles. The largest absolute Gasteiger partial charge is 0.505 e. The Bertz CT molecular complexity index is 1550. The van der Waals surface area contributed by atoms with Gasteiger partial charge in [-0.2, -0.15) is 0 Å². The Hall–Kier alpha value is -4.25. The summed E-state index contributed by atoms with van der Waals surface area (Å²) >= 11 is 0. The first-order valence-corrected chi connectivity index (χ1v) is 13.6. The number of carbonyl (C=O) groups excluding carboxylic acids is 5. The molecule has 214 valence electrons. The number of nitrogens with one attached hydrogen (secondary N) is 1. The molecular formula is C30H30N2O9. The number of fused-ring (bicyclic) bond motifs is 4. The van der Waals surface area contributed by atoms with Crippen LogP contribution in [0.5, 0.6) is 17.2 Å². The molecule has 6 rings (SSSR count). The number of nitrogens with two attached hydrogens (primary N) is 1. The normalized spacial score (nSPS) is 28.3. The maximum Gasteiger partial charge on any atom is 0.235 e. The molecule has 5 atom stereocenters. The van der Waals surface area contributed by atoms with Crippen molar-refractivity contribution in [2.45, 2.75) is 51.2 Å². The minimum atomic E-state index is -2.67. The average molecular weight is 563 g/mol. The summed E-state index contributed by atoms with van der Waals surface area (Å²) in [5.74, 6) is -9.07. The van der Waals surface area contributed by atoms with E-state index in [0.29, 0.717) is 22.7 Å². The second-order valence-electron chi connectivity index (χ2n) is 11.7. The second-order valence-corrected chi connectivity index (χ2v) is 11.7. The number of amides is 1. The number of aromatic hydroxyl groups is 1. The number of primary amides is 1. The van der Waals surface area contributed by atoms with Gasteiger partial charge in [0.15, 0.2) is 46.2 Å². The third kappa shape index (κ3) is 3.93. The number of ketones is 4. The summed E-state index contributed by atoms with van der Waals surface area (Å²) in [6, 6.07) is 7.24. The summed E-state index contributed by atoms with van der Waals surface area (Å²) in [4.78, 5) is 65.3. The van der Waals surface area contributed by atoms with E-state index in [4.69, 9.17) is 15.2 Å². The van der Waals surface area contributed by atoms with Crippen molar-refractivity contribution in [3.8, 4) is 17.2 Å². The van der Waals surface area contributed by atoms with Gasteiger partial charge in [-0.1, -0.05) is 19.9 Å². The van der Waals surface area contributed by atoms with Crippen molar-refractivity contribution in [3.63, 3.8) is 0 Å². The van der Waals surface area contributed by atoms with Crippen LogP contribution in [0.15, 0.2) is 24.3 Å². The zero-order valence-electron chi connectivity index (χ0n) is 22.6. The van der Waals surface area contributed by atoms with E-state index in [1.54, 1.807) is 12.1 Å². The fraction of sp³-hybridized carbons (Fsp3) is 0.433. The number of Topliss-reactive ketones (excluding diaryl/α,β-unsaturated/α-hetero) is 4. The van der Waals surface area contributed by atoms with Gasteiger partial charge in [0.2, 0.25) is 12.7 Å². The Morgan fingerprint density at radius 1 is 1.10 bits per heavy atom. The van der Waals surface area contributed by atoms with Crippen LogP contribution in [-0.2, 0) is 32.1 Å². The maximum atomic E-state index is 14.0. The minimum absolute atomic E-state index is 0.0215. The zero-order chi connectivity index (χ0) is 29.4. The van der Waals surface area contributed by atoms with E-state index in [0.717, 1.165) is 11.1 Å². The molecule has 11 heteroatoms. The topological polar surface area (TPSA) is 182 Å². The van der Waals surface area contributed by atoms with Crippen LogP contribution in [0.4, 0.5) is 5.69 Å². The average Bonchev–Trinajstić information content (AvgIpc) is 3.38. The smallest absolute Gasteiger partial charge is 0.235 e. The van der Waals surface area contributed by atoms with Gasteiger partial charge in [0.1, 0.15) is 5.75 Å². The lowest BCUT2D eigenvalue weighted by Gasteiger charge is -2.48. The molecule has 1 aliphatic heterocycles. The Morgan fingerprint density at radius 3 is 2.54 bits per heavy atom. The third-order valence-corrected chi connectivity index (χ3v) is 8.98. The van der Waals surface area contributed by atoms with Crippen LogP contribution in [0.25, 0.3) is 0 Å². The van der Waals surface area contributed by atoms with Gasteiger partial charge in [0.05, 0.1) is 17.2 Å². The number of rotatable bonds is 5. The molecule has 2 saturated carbocycles. The number of hydrogen-bond acceptors (Lipinski definition) is 10. The van der Waals surface area contributed by atoms with Gasteiger partial charge in [0, 0.05) is 18.9 Å². The van der Waals surface area contributed by atoms with Gasteiger partial charge < -0.3 is 30.7 Å². The zero-order valence-corrected chi connectivity index (χ0v) is 22.6. The standard InChI is InChI=1S/C30H30N2O9/c1-12(2)16-9-18(32-10-13-3-4-20-21(5-13)41-11-40-20)25(34)23-17(16)7-14-6-15-8-19(33)24(29(31)38)28(37)30(15,39)27(36)22(14)26(23)35/h3-5,9,12,14-15,22,24,32,34,39H,6-8,10-11H2,1-2H3,(H2,31,38)/t14-,15+,22?,24?,30+/m1/s1. The Morgan fingerprint density at radius 2 is 1.83 bits per heavy atom. The van der Waals surface area contributed by atoms with Crippen molar-refractivity contribution < 1.29 is 43.7 Å². The fourth-order valence-corrected chi connectivity index (χ4v) is 6.96. The highest BCUT2D eigenvalue weighted by atomic mass is 16.7. The molecule has 3 aliphatic carbocycles. The van der Waals surface area contributed by atoms with Crippen molar-refractivity contribution >= 4 is 34.7 Å². The highest BCUT2D eigenvalue weighted by Gasteiger charge is 2.66. The summed E-state index contributed by atoms with van der Waals surface area (Å²) in [6.07, 6.45) is -0.0600. The molecule has 0 radical (unpaired) electrons. The third-order valence-electron chi connectivity index (χ3n) is 8.98. The second kappa shape index (κ2) is 9.41. The number of benzene rings is 2. The summed E-state index contributed by atoms with van der Waals surface area (Å²) in [7, 11) is 0. The Balaban J connectivity index is 1.37. The van der Waals surface area contributed by atoms with Crippen LogP contribution in [0.1, 0.15) is 59.7 Å². The molecule has 2 fully saturated rings. The van der Waals surface area contributed by atoms with Crippen molar-refractivity contribution in [1.29, 1.82) is 0 Å². The number of anilines is 1. The van der Waals surface area contributed by atoms with Crippen LogP contribution >= 0.6 is 0 Å². The summed E-state index contributed by atoms with van der Waals surface area (Å²) in [5, 5.41) is 25.9. The van der Waals surface area contributed by atoms with Crippen LogP contribution in [0.3, 0.4) is 0 Å². The molecule has 4 aliphatic rings.